The fourth-order valence-corrected chi connectivity index (χ4v) is 5.61. The van der Waals surface area contributed by atoms with Gasteiger partial charge in [0.2, 0.25) is 10.0 Å². The molecule has 0 bridgehead atoms. The minimum Gasteiger partial charge on any atom is -0.316 e. The second kappa shape index (κ2) is 5.61. The number of hydrogen-bond donors (Lipinski definition) is 2. The number of nitrogens with one attached hydrogen (secondary N) is 2. The number of hydrogen-bond acceptors (Lipinski definition) is 3. The summed E-state index contributed by atoms with van der Waals surface area (Å²) in [4.78, 5) is 0.295. The van der Waals surface area contributed by atoms with Crippen molar-refractivity contribution in [2.75, 3.05) is 13.1 Å². The van der Waals surface area contributed by atoms with Gasteiger partial charge in [0, 0.05) is 15.0 Å². The van der Waals surface area contributed by atoms with Crippen LogP contribution in [0.4, 0.5) is 0 Å². The second-order valence-electron chi connectivity index (χ2n) is 4.71. The van der Waals surface area contributed by atoms with Crippen LogP contribution in [0.2, 0.25) is 0 Å². The van der Waals surface area contributed by atoms with Crippen LogP contribution < -0.4 is 10.0 Å². The highest BCUT2D eigenvalue weighted by molar-refractivity contribution is 9.11. The van der Waals surface area contributed by atoms with E-state index >= 15 is 0 Å². The molecule has 1 aromatic carbocycles. The highest BCUT2D eigenvalue weighted by Gasteiger charge is 2.54. The molecule has 2 fully saturated rings. The molecule has 2 aliphatic rings. The molecule has 2 atom stereocenters. The smallest absolute Gasteiger partial charge is 0.241 e. The first kappa shape index (κ1) is 15.7. The molecule has 2 N–H and O–H groups in total. The molecule has 1 heterocycles. The van der Waals surface area contributed by atoms with Gasteiger partial charge in [0.25, 0.3) is 0 Å². The molecular formula is C11H13Br2ClN2O2S. The number of fused-ring (bicyclic) bond motifs is 1. The van der Waals surface area contributed by atoms with E-state index in [1.165, 1.54) is 0 Å². The van der Waals surface area contributed by atoms with E-state index < -0.39 is 10.0 Å². The first-order valence-electron chi connectivity index (χ1n) is 5.67. The van der Waals surface area contributed by atoms with E-state index in [9.17, 15) is 8.42 Å². The summed E-state index contributed by atoms with van der Waals surface area (Å²) in [7, 11) is -3.43. The molecule has 0 spiro atoms. The van der Waals surface area contributed by atoms with Crippen molar-refractivity contribution < 1.29 is 8.42 Å². The van der Waals surface area contributed by atoms with E-state index in [-0.39, 0.29) is 18.4 Å². The predicted molar refractivity (Wildman–Crippen MR) is 83.0 cm³/mol. The summed E-state index contributed by atoms with van der Waals surface area (Å²) in [5.74, 6) is 0.933. The summed E-state index contributed by atoms with van der Waals surface area (Å²) >= 11 is 6.61. The van der Waals surface area contributed by atoms with Crippen molar-refractivity contribution in [2.45, 2.75) is 10.9 Å². The van der Waals surface area contributed by atoms with Gasteiger partial charge in [-0.3, -0.25) is 0 Å². The minimum atomic E-state index is -3.43. The lowest BCUT2D eigenvalue weighted by Gasteiger charge is -2.10. The first-order valence-corrected chi connectivity index (χ1v) is 8.74. The van der Waals surface area contributed by atoms with Crippen LogP contribution >= 0.6 is 44.3 Å². The van der Waals surface area contributed by atoms with Crippen molar-refractivity contribution in [3.05, 3.63) is 27.1 Å². The van der Waals surface area contributed by atoms with E-state index in [2.05, 4.69) is 41.9 Å². The molecule has 8 heteroatoms. The lowest BCUT2D eigenvalue weighted by molar-refractivity contribution is 0.565. The standard InChI is InChI=1S/C11H12Br2N2O2S.ClH/c12-6-1-2-10(9(13)3-6)18(16,17)15-11-7-4-14-5-8(7)11;/h1-3,7-8,11,14-15H,4-5H2;1H. The van der Waals surface area contributed by atoms with Crippen molar-refractivity contribution >= 4 is 54.3 Å². The molecule has 1 aliphatic carbocycles. The molecular weight excluding hydrogens is 419 g/mol. The SMILES string of the molecule is Cl.O=S(=O)(NC1C2CNCC21)c1ccc(Br)cc1Br. The Labute approximate surface area is 135 Å². The van der Waals surface area contributed by atoms with Crippen molar-refractivity contribution in [3.63, 3.8) is 0 Å². The molecule has 3 rings (SSSR count). The van der Waals surface area contributed by atoms with Gasteiger partial charge >= 0.3 is 0 Å². The molecule has 1 aliphatic heterocycles. The van der Waals surface area contributed by atoms with Crippen LogP contribution in [0.25, 0.3) is 0 Å². The van der Waals surface area contributed by atoms with Gasteiger partial charge in [-0.25, -0.2) is 13.1 Å². The van der Waals surface area contributed by atoms with Crippen molar-refractivity contribution in [2.24, 2.45) is 11.8 Å². The van der Waals surface area contributed by atoms with Gasteiger partial charge in [-0.05, 0) is 59.1 Å². The summed E-state index contributed by atoms with van der Waals surface area (Å²) in [6.07, 6.45) is 0. The topological polar surface area (TPSA) is 58.2 Å². The number of sulfonamides is 1. The largest absolute Gasteiger partial charge is 0.316 e. The molecule has 106 valence electrons. The fourth-order valence-electron chi connectivity index (χ4n) is 2.53. The fraction of sp³-hybridized carbons (Fsp3) is 0.455. The molecule has 19 heavy (non-hydrogen) atoms. The monoisotopic (exact) mass is 430 g/mol. The number of halogens is 3. The van der Waals surface area contributed by atoms with Crippen LogP contribution in [0.15, 0.2) is 32.0 Å². The lowest BCUT2D eigenvalue weighted by Crippen LogP contribution is -2.32. The van der Waals surface area contributed by atoms with E-state index in [0.29, 0.717) is 21.2 Å². The Morgan fingerprint density at radius 3 is 2.42 bits per heavy atom. The Hall–Kier alpha value is 0.340. The minimum absolute atomic E-state index is 0. The number of benzene rings is 1. The number of rotatable bonds is 3. The van der Waals surface area contributed by atoms with Crippen molar-refractivity contribution in [3.8, 4) is 0 Å². The van der Waals surface area contributed by atoms with E-state index in [4.69, 9.17) is 0 Å². The van der Waals surface area contributed by atoms with Gasteiger partial charge in [-0.15, -0.1) is 12.4 Å². The summed E-state index contributed by atoms with van der Waals surface area (Å²) in [5.41, 5.74) is 0. The van der Waals surface area contributed by atoms with Crippen LogP contribution in [-0.2, 0) is 10.0 Å². The molecule has 1 saturated heterocycles. The Morgan fingerprint density at radius 2 is 1.84 bits per heavy atom. The zero-order valence-electron chi connectivity index (χ0n) is 9.77. The maximum Gasteiger partial charge on any atom is 0.241 e. The van der Waals surface area contributed by atoms with Gasteiger partial charge in [0.1, 0.15) is 0 Å². The van der Waals surface area contributed by atoms with Crippen LogP contribution in [0, 0.1) is 11.8 Å². The number of piperidine rings is 1. The zero-order valence-corrected chi connectivity index (χ0v) is 14.6. The molecule has 0 radical (unpaired) electrons. The van der Waals surface area contributed by atoms with E-state index in [0.717, 1.165) is 17.6 Å². The molecule has 2 unspecified atom stereocenters. The van der Waals surface area contributed by atoms with Gasteiger partial charge in [0.15, 0.2) is 0 Å². The first-order chi connectivity index (χ1) is 8.49. The van der Waals surface area contributed by atoms with E-state index in [1.807, 2.05) is 0 Å². The third-order valence-corrected chi connectivity index (χ3v) is 6.50. The Kier molecular flexibility index (Phi) is 4.65. The molecule has 4 nitrogen and oxygen atoms in total. The maximum atomic E-state index is 12.3. The third kappa shape index (κ3) is 3.01. The van der Waals surface area contributed by atoms with E-state index in [1.54, 1.807) is 18.2 Å². The molecule has 1 aromatic rings. The average Bonchev–Trinajstić information content (AvgIpc) is 2.74. The molecule has 1 saturated carbocycles. The third-order valence-electron chi connectivity index (χ3n) is 3.57. The summed E-state index contributed by atoms with van der Waals surface area (Å²) < 4.78 is 28.8. The second-order valence-corrected chi connectivity index (χ2v) is 8.16. The van der Waals surface area contributed by atoms with Gasteiger partial charge in [0.05, 0.1) is 4.90 Å². The Balaban J connectivity index is 0.00000133. The lowest BCUT2D eigenvalue weighted by atomic mass is 10.4. The van der Waals surface area contributed by atoms with Crippen molar-refractivity contribution in [1.82, 2.24) is 10.0 Å². The normalized spacial score (nSPS) is 28.6. The quantitative estimate of drug-likeness (QED) is 0.770. The zero-order chi connectivity index (χ0) is 12.9. The van der Waals surface area contributed by atoms with Crippen LogP contribution in [-0.4, -0.2) is 27.5 Å². The van der Waals surface area contributed by atoms with Gasteiger partial charge < -0.3 is 5.32 Å². The van der Waals surface area contributed by atoms with Crippen molar-refractivity contribution in [1.29, 1.82) is 0 Å². The summed E-state index contributed by atoms with van der Waals surface area (Å²) in [6, 6.07) is 5.18. The predicted octanol–water partition coefficient (Wildman–Crippen LogP) is 2.13. The summed E-state index contributed by atoms with van der Waals surface area (Å²) in [6.45, 7) is 1.83. The molecule has 0 aromatic heterocycles. The maximum absolute atomic E-state index is 12.3. The Bertz CT molecular complexity index is 586. The highest BCUT2D eigenvalue weighted by Crippen LogP contribution is 2.42. The average molecular weight is 433 g/mol. The van der Waals surface area contributed by atoms with Gasteiger partial charge in [-0.1, -0.05) is 15.9 Å². The van der Waals surface area contributed by atoms with Gasteiger partial charge in [-0.2, -0.15) is 0 Å². The summed E-state index contributed by atoms with van der Waals surface area (Å²) in [5, 5.41) is 3.25. The van der Waals surface area contributed by atoms with Crippen LogP contribution in [0.3, 0.4) is 0 Å². The highest BCUT2D eigenvalue weighted by atomic mass is 79.9. The van der Waals surface area contributed by atoms with Crippen LogP contribution in [0.1, 0.15) is 0 Å². The molecule has 0 amide bonds. The van der Waals surface area contributed by atoms with Crippen LogP contribution in [0.5, 0.6) is 0 Å². The Morgan fingerprint density at radius 1 is 1.21 bits per heavy atom.